The van der Waals surface area contributed by atoms with Gasteiger partial charge in [0.2, 0.25) is 0 Å². The molecule has 1 aromatic heterocycles. The molecule has 0 fully saturated rings. The van der Waals surface area contributed by atoms with Crippen molar-refractivity contribution in [3.05, 3.63) is 22.4 Å². The Balaban J connectivity index is 2.10. The highest BCUT2D eigenvalue weighted by molar-refractivity contribution is 7.07. The number of carbonyl (C=O) groups excluding carboxylic acids is 1. The van der Waals surface area contributed by atoms with Crippen molar-refractivity contribution in [3.8, 4) is 0 Å². The summed E-state index contributed by atoms with van der Waals surface area (Å²) in [4.78, 5) is 11.4. The third kappa shape index (κ3) is 5.14. The van der Waals surface area contributed by atoms with Gasteiger partial charge in [0.1, 0.15) is 0 Å². The minimum Gasteiger partial charge on any atom is -0.396 e. The zero-order valence-electron chi connectivity index (χ0n) is 9.40. The summed E-state index contributed by atoms with van der Waals surface area (Å²) in [6.07, 6.45) is 1.43. The molecule has 0 radical (unpaired) electrons. The highest BCUT2D eigenvalue weighted by Gasteiger charge is 2.05. The summed E-state index contributed by atoms with van der Waals surface area (Å²) in [6.45, 7) is 2.60. The van der Waals surface area contributed by atoms with Gasteiger partial charge in [0.05, 0.1) is 0 Å². The Morgan fingerprint density at radius 3 is 3.06 bits per heavy atom. The highest BCUT2D eigenvalue weighted by Crippen LogP contribution is 2.05. The number of urea groups is 1. The van der Waals surface area contributed by atoms with E-state index in [9.17, 15) is 4.79 Å². The van der Waals surface area contributed by atoms with Crippen LogP contribution in [0.25, 0.3) is 0 Å². The summed E-state index contributed by atoms with van der Waals surface area (Å²) in [7, 11) is 0. The fraction of sp³-hybridized carbons (Fsp3) is 0.545. The van der Waals surface area contributed by atoms with Gasteiger partial charge in [-0.15, -0.1) is 0 Å². The number of amides is 2. The Hall–Kier alpha value is -1.07. The fourth-order valence-corrected chi connectivity index (χ4v) is 2.00. The van der Waals surface area contributed by atoms with Crippen molar-refractivity contribution in [2.45, 2.75) is 25.8 Å². The molecule has 0 saturated carbocycles. The summed E-state index contributed by atoms with van der Waals surface area (Å²) in [5.74, 6) is 0. The van der Waals surface area contributed by atoms with Crippen molar-refractivity contribution < 1.29 is 9.90 Å². The maximum Gasteiger partial charge on any atom is 0.315 e. The lowest BCUT2D eigenvalue weighted by atomic mass is 10.2. The van der Waals surface area contributed by atoms with Gasteiger partial charge in [-0.3, -0.25) is 0 Å². The molecular weight excluding hydrogens is 224 g/mol. The lowest BCUT2D eigenvalue weighted by molar-refractivity contribution is 0.231. The van der Waals surface area contributed by atoms with E-state index in [0.29, 0.717) is 13.0 Å². The predicted octanol–water partition coefficient (Wildman–Crippen LogP) is 1.36. The smallest absolute Gasteiger partial charge is 0.315 e. The van der Waals surface area contributed by atoms with Gasteiger partial charge in [0, 0.05) is 19.2 Å². The standard InChI is InChI=1S/C11H18N2O2S/c1-9(3-6-14)13-11(15)12-5-2-10-4-7-16-8-10/h4,7-9,14H,2-3,5-6H2,1H3,(H2,12,13,15)/t9-/m1/s1. The van der Waals surface area contributed by atoms with Crippen LogP contribution in [0.3, 0.4) is 0 Å². The Morgan fingerprint density at radius 1 is 1.62 bits per heavy atom. The van der Waals surface area contributed by atoms with Crippen LogP contribution in [0.2, 0.25) is 0 Å². The second-order valence-corrected chi connectivity index (χ2v) is 4.48. The molecule has 0 spiro atoms. The number of thiophene rings is 1. The molecule has 5 heteroatoms. The zero-order valence-corrected chi connectivity index (χ0v) is 10.2. The summed E-state index contributed by atoms with van der Waals surface area (Å²) in [5.41, 5.74) is 1.24. The molecule has 90 valence electrons. The topological polar surface area (TPSA) is 61.4 Å². The van der Waals surface area contributed by atoms with Crippen LogP contribution in [0.5, 0.6) is 0 Å². The molecule has 1 rings (SSSR count). The van der Waals surface area contributed by atoms with Crippen LogP contribution < -0.4 is 10.6 Å². The average molecular weight is 242 g/mol. The van der Waals surface area contributed by atoms with Crippen molar-refractivity contribution in [3.63, 3.8) is 0 Å². The molecule has 0 unspecified atom stereocenters. The Kier molecular flexibility index (Phi) is 5.88. The molecule has 0 aromatic carbocycles. The third-order valence-corrected chi connectivity index (χ3v) is 2.95. The molecule has 2 amide bonds. The lowest BCUT2D eigenvalue weighted by Crippen LogP contribution is -2.41. The first kappa shape index (κ1) is 13.0. The first-order chi connectivity index (χ1) is 7.72. The number of carbonyl (C=O) groups is 1. The van der Waals surface area contributed by atoms with Crippen LogP contribution in [0, 0.1) is 0 Å². The van der Waals surface area contributed by atoms with Gasteiger partial charge in [0.25, 0.3) is 0 Å². The van der Waals surface area contributed by atoms with Gasteiger partial charge in [-0.2, -0.15) is 11.3 Å². The number of rotatable bonds is 6. The maximum atomic E-state index is 11.4. The molecule has 4 nitrogen and oxygen atoms in total. The molecule has 3 N–H and O–H groups in total. The van der Waals surface area contributed by atoms with Gasteiger partial charge in [-0.05, 0) is 42.2 Å². The first-order valence-electron chi connectivity index (χ1n) is 5.38. The first-order valence-corrected chi connectivity index (χ1v) is 6.33. The van der Waals surface area contributed by atoms with Crippen molar-refractivity contribution in [1.29, 1.82) is 0 Å². The predicted molar refractivity (Wildman–Crippen MR) is 65.7 cm³/mol. The molecule has 16 heavy (non-hydrogen) atoms. The van der Waals surface area contributed by atoms with E-state index in [0.717, 1.165) is 6.42 Å². The maximum absolute atomic E-state index is 11.4. The van der Waals surface area contributed by atoms with Crippen LogP contribution >= 0.6 is 11.3 Å². The van der Waals surface area contributed by atoms with Crippen LogP contribution in [0.15, 0.2) is 16.8 Å². The minimum atomic E-state index is -0.170. The monoisotopic (exact) mass is 242 g/mol. The Bertz CT molecular complexity index is 301. The second kappa shape index (κ2) is 7.24. The molecule has 0 aliphatic carbocycles. The van der Waals surface area contributed by atoms with Crippen LogP contribution in [-0.2, 0) is 6.42 Å². The van der Waals surface area contributed by atoms with E-state index in [-0.39, 0.29) is 18.7 Å². The van der Waals surface area contributed by atoms with E-state index in [4.69, 9.17) is 5.11 Å². The summed E-state index contributed by atoms with van der Waals surface area (Å²) in [6, 6.07) is 1.89. The molecule has 0 bridgehead atoms. The Morgan fingerprint density at radius 2 is 2.44 bits per heavy atom. The number of nitrogens with one attached hydrogen (secondary N) is 2. The third-order valence-electron chi connectivity index (χ3n) is 2.22. The second-order valence-electron chi connectivity index (χ2n) is 3.70. The van der Waals surface area contributed by atoms with Gasteiger partial charge in [-0.1, -0.05) is 0 Å². The number of hydrogen-bond acceptors (Lipinski definition) is 3. The average Bonchev–Trinajstić information content (AvgIpc) is 2.70. The van der Waals surface area contributed by atoms with E-state index in [1.54, 1.807) is 11.3 Å². The molecule has 1 atom stereocenters. The normalized spacial score (nSPS) is 12.1. The summed E-state index contributed by atoms with van der Waals surface area (Å²) in [5, 5.41) is 18.3. The summed E-state index contributed by atoms with van der Waals surface area (Å²) < 4.78 is 0. The van der Waals surface area contributed by atoms with E-state index in [1.165, 1.54) is 5.56 Å². The van der Waals surface area contributed by atoms with Gasteiger partial charge in [-0.25, -0.2) is 4.79 Å². The van der Waals surface area contributed by atoms with Gasteiger partial charge in [0.15, 0.2) is 0 Å². The minimum absolute atomic E-state index is 0.00569. The quantitative estimate of drug-likeness (QED) is 0.705. The Labute approximate surface area is 99.7 Å². The van der Waals surface area contributed by atoms with E-state index in [2.05, 4.69) is 22.1 Å². The number of aliphatic hydroxyl groups is 1. The zero-order chi connectivity index (χ0) is 11.8. The van der Waals surface area contributed by atoms with Crippen molar-refractivity contribution in [2.75, 3.05) is 13.2 Å². The molecule has 1 aromatic rings. The highest BCUT2D eigenvalue weighted by atomic mass is 32.1. The number of hydrogen-bond donors (Lipinski definition) is 3. The van der Waals surface area contributed by atoms with Gasteiger partial charge < -0.3 is 15.7 Å². The molecule has 1 heterocycles. The summed E-state index contributed by atoms with van der Waals surface area (Å²) >= 11 is 1.66. The van der Waals surface area contributed by atoms with E-state index in [1.807, 2.05) is 12.3 Å². The SMILES string of the molecule is C[C@H](CCO)NC(=O)NCCc1ccsc1. The lowest BCUT2D eigenvalue weighted by Gasteiger charge is -2.13. The molecule has 0 aliphatic rings. The van der Waals surface area contributed by atoms with Crippen LogP contribution in [-0.4, -0.2) is 30.3 Å². The molecule has 0 aliphatic heterocycles. The molecular formula is C11H18N2O2S. The largest absolute Gasteiger partial charge is 0.396 e. The van der Waals surface area contributed by atoms with Crippen LogP contribution in [0.1, 0.15) is 18.9 Å². The van der Waals surface area contributed by atoms with Crippen molar-refractivity contribution >= 4 is 17.4 Å². The van der Waals surface area contributed by atoms with Crippen LogP contribution in [0.4, 0.5) is 4.79 Å². The number of aliphatic hydroxyl groups excluding tert-OH is 1. The van der Waals surface area contributed by atoms with E-state index >= 15 is 0 Å². The van der Waals surface area contributed by atoms with Gasteiger partial charge >= 0.3 is 6.03 Å². The molecule has 0 saturated heterocycles. The van der Waals surface area contributed by atoms with Crippen molar-refractivity contribution in [1.82, 2.24) is 10.6 Å². The fourth-order valence-electron chi connectivity index (χ4n) is 1.30. The van der Waals surface area contributed by atoms with E-state index < -0.39 is 0 Å². The van der Waals surface area contributed by atoms with Crippen molar-refractivity contribution in [2.24, 2.45) is 0 Å².